The Morgan fingerprint density at radius 2 is 1.69 bits per heavy atom. The maximum atomic E-state index is 15.9. The van der Waals surface area contributed by atoms with Crippen molar-refractivity contribution in [1.82, 2.24) is 29.1 Å². The molecule has 6 rings (SSSR count). The molecule has 0 saturated carbocycles. The molecule has 3 aromatic rings. The van der Waals surface area contributed by atoms with Gasteiger partial charge in [0, 0.05) is 12.3 Å². The molecular weight excluding hydrogens is 650 g/mol. The summed E-state index contributed by atoms with van der Waals surface area (Å²) in [5.41, 5.74) is 4.38. The fourth-order valence-corrected chi connectivity index (χ4v) is 7.66. The predicted octanol–water partition coefficient (Wildman–Crippen LogP) is 0.502. The zero-order valence-corrected chi connectivity index (χ0v) is 24.3. The highest BCUT2D eigenvalue weighted by atomic mass is 32.7. The first-order valence-electron chi connectivity index (χ1n) is 12.0. The molecule has 23 heteroatoms. The van der Waals surface area contributed by atoms with E-state index in [4.69, 9.17) is 45.1 Å². The van der Waals surface area contributed by atoms with Gasteiger partial charge in [0.25, 0.3) is 5.56 Å². The minimum absolute atomic E-state index is 0.0382. The Balaban J connectivity index is 1.28. The predicted molar refractivity (Wildman–Crippen MR) is 143 cm³/mol. The highest BCUT2D eigenvalue weighted by Crippen LogP contribution is 2.58. The van der Waals surface area contributed by atoms with Crippen LogP contribution in [-0.2, 0) is 43.9 Å². The number of ether oxygens (including phenoxy) is 2. The number of nitrogens with zero attached hydrogens (tertiary/aromatic N) is 5. The van der Waals surface area contributed by atoms with Crippen LogP contribution in [0.15, 0.2) is 34.5 Å². The number of rotatable bonds is 2. The van der Waals surface area contributed by atoms with E-state index in [0.717, 1.165) is 23.2 Å². The summed E-state index contributed by atoms with van der Waals surface area (Å²) in [6.07, 6.45) is -10.2. The number of thiol groups is 1. The van der Waals surface area contributed by atoms with Gasteiger partial charge in [-0.3, -0.25) is 32.5 Å². The van der Waals surface area contributed by atoms with Crippen LogP contribution in [0.1, 0.15) is 12.5 Å². The van der Waals surface area contributed by atoms with Crippen molar-refractivity contribution in [3.05, 3.63) is 45.8 Å². The van der Waals surface area contributed by atoms with Crippen LogP contribution in [-0.4, -0.2) is 83.9 Å². The molecule has 3 fully saturated rings. The number of nitrogens with two attached hydrogens (primary N) is 1. The molecule has 0 aromatic carbocycles. The van der Waals surface area contributed by atoms with Gasteiger partial charge in [-0.05, 0) is 11.8 Å². The minimum Gasteiger partial charge on any atom is -0.382 e. The number of alkyl halides is 2. The summed E-state index contributed by atoms with van der Waals surface area (Å²) in [5.74, 6) is 0.0382. The van der Waals surface area contributed by atoms with Gasteiger partial charge in [-0.25, -0.2) is 33.1 Å². The Kier molecular flexibility index (Phi) is 7.89. The van der Waals surface area contributed by atoms with Crippen molar-refractivity contribution in [1.29, 1.82) is 0 Å². The Labute approximate surface area is 243 Å². The van der Waals surface area contributed by atoms with Crippen LogP contribution in [0.5, 0.6) is 0 Å². The first kappa shape index (κ1) is 29.9. The molecule has 3 aromatic heterocycles. The molecule has 3 aliphatic heterocycles. The standard InChI is InChI=1S/C19H21F2N7O10P2S2/c20-10-13-7(35-17(10)27-2-1-9(29)26-19(27)30)3-33-40(32,42)38-14-8(4-34-39(31,41)37-13)36-18(11(14)21)28-6-25-12-15(22)23-5-24-16(12)28/h1-2,5-8,10-11,13-14,17-18H,3-4H2,(H,31,41)(H,32,42)(H2,22,23,24)(H,26,29,30)/t7-,8-,10+,11+,13+,14?,17-,18-,39?,40?/m1/s1. The topological polar surface area (TPSA) is 217 Å². The smallest absolute Gasteiger partial charge is 0.382 e. The maximum absolute atomic E-state index is 15.9. The number of anilines is 1. The molecule has 228 valence electrons. The highest BCUT2D eigenvalue weighted by Gasteiger charge is 2.54. The van der Waals surface area contributed by atoms with Crippen LogP contribution in [0.3, 0.4) is 0 Å². The zero-order chi connectivity index (χ0) is 30.0. The molecular formula is C19H21F2N7O10P2S2. The Morgan fingerprint density at radius 1 is 1.05 bits per heavy atom. The molecule has 42 heavy (non-hydrogen) atoms. The third-order valence-corrected chi connectivity index (χ3v) is 9.81. The summed E-state index contributed by atoms with van der Waals surface area (Å²) in [6.45, 7) is -10.1. The lowest BCUT2D eigenvalue weighted by Gasteiger charge is -2.29. The van der Waals surface area contributed by atoms with Gasteiger partial charge in [-0.1, -0.05) is 12.2 Å². The molecule has 3 unspecified atom stereocenters. The quantitative estimate of drug-likeness (QED) is 0.216. The first-order chi connectivity index (χ1) is 19.8. The third-order valence-electron chi connectivity index (χ3n) is 6.63. The monoisotopic (exact) mass is 671 g/mol. The van der Waals surface area contributed by atoms with E-state index in [1.165, 1.54) is 10.9 Å². The van der Waals surface area contributed by atoms with Crippen molar-refractivity contribution in [3.63, 3.8) is 0 Å². The van der Waals surface area contributed by atoms with Crippen LogP contribution in [0.25, 0.3) is 11.2 Å². The van der Waals surface area contributed by atoms with Crippen LogP contribution < -0.4 is 17.0 Å². The van der Waals surface area contributed by atoms with Crippen molar-refractivity contribution >= 4 is 54.6 Å². The Hall–Kier alpha value is -2.16. The molecule has 4 N–H and O–H groups in total. The third kappa shape index (κ3) is 5.59. The molecule has 0 spiro atoms. The molecule has 0 radical (unpaired) electrons. The molecule has 6 heterocycles. The highest BCUT2D eigenvalue weighted by molar-refractivity contribution is 8.44. The van der Waals surface area contributed by atoms with Crippen molar-refractivity contribution in [2.45, 2.75) is 49.2 Å². The van der Waals surface area contributed by atoms with Gasteiger partial charge in [0.2, 0.25) is 0 Å². The van der Waals surface area contributed by atoms with Gasteiger partial charge in [0.05, 0.1) is 19.5 Å². The number of fused-ring (bicyclic) bond motifs is 3. The number of imidazole rings is 1. The fraction of sp³-hybridized carbons (Fsp3) is 0.526. The first-order valence-corrected chi connectivity index (χ1v) is 17.3. The van der Waals surface area contributed by atoms with E-state index < -0.39 is 87.2 Å². The number of nitrogen functional groups attached to an aromatic ring is 1. The minimum atomic E-state index is -4.42. The Bertz CT molecular complexity index is 1730. The van der Waals surface area contributed by atoms with Gasteiger partial charge in [0.15, 0.2) is 36.3 Å². The summed E-state index contributed by atoms with van der Waals surface area (Å²) in [5, 5.41) is 0. The molecule has 0 amide bonds. The van der Waals surface area contributed by atoms with Crippen LogP contribution in [0.2, 0.25) is 0 Å². The molecule has 0 bridgehead atoms. The van der Waals surface area contributed by atoms with Crippen molar-refractivity contribution < 1.29 is 45.8 Å². The lowest BCUT2D eigenvalue weighted by Crippen LogP contribution is -2.37. The van der Waals surface area contributed by atoms with Crippen molar-refractivity contribution in [3.8, 4) is 0 Å². The number of aromatic nitrogens is 6. The number of nitrogens with one attached hydrogen (secondary N) is 1. The lowest BCUT2D eigenvalue weighted by molar-refractivity contribution is -0.0576. The average Bonchev–Trinajstić information content (AvgIpc) is 3.57. The summed E-state index contributed by atoms with van der Waals surface area (Å²) in [4.78, 5) is 48.4. The van der Waals surface area contributed by atoms with Gasteiger partial charge in [0.1, 0.15) is 36.3 Å². The van der Waals surface area contributed by atoms with Crippen LogP contribution in [0.4, 0.5) is 14.6 Å². The van der Waals surface area contributed by atoms with E-state index in [2.05, 4.69) is 27.2 Å². The van der Waals surface area contributed by atoms with Crippen molar-refractivity contribution in [2.75, 3.05) is 18.9 Å². The molecule has 3 saturated heterocycles. The van der Waals surface area contributed by atoms with Gasteiger partial charge in [-0.15, -0.1) is 0 Å². The summed E-state index contributed by atoms with van der Waals surface area (Å²) >= 11 is 8.99. The second-order valence-corrected chi connectivity index (χ2v) is 15.0. The number of H-pyrrole nitrogens is 1. The summed E-state index contributed by atoms with van der Waals surface area (Å²) in [6, 6.07) is 0.961. The van der Waals surface area contributed by atoms with Gasteiger partial charge < -0.3 is 24.6 Å². The molecule has 0 aliphatic carbocycles. The van der Waals surface area contributed by atoms with Crippen molar-refractivity contribution in [2.24, 2.45) is 0 Å². The Morgan fingerprint density at radius 3 is 2.38 bits per heavy atom. The largest absolute Gasteiger partial charge is 0.386 e. The van der Waals surface area contributed by atoms with E-state index in [9.17, 15) is 19.0 Å². The number of aromatic amines is 1. The SMILES string of the molecule is Nc1ncnc2c1ncn2[C@@H]1O[C@@H]2COP(O)(=S)O[C@@H]3[C@H](F)[C@H](n4ccc(=O)[nH]c4=O)O[C@@H]3COP(=O)(S)OC2[C@@H]1F. The summed E-state index contributed by atoms with van der Waals surface area (Å²) in [7, 11) is 0. The molecule has 17 nitrogen and oxygen atoms in total. The van der Waals surface area contributed by atoms with E-state index in [1.807, 2.05) is 4.98 Å². The number of halogens is 2. The van der Waals surface area contributed by atoms with E-state index >= 15 is 8.78 Å². The van der Waals surface area contributed by atoms with E-state index in [0.29, 0.717) is 0 Å². The second kappa shape index (κ2) is 11.1. The maximum Gasteiger partial charge on any atom is 0.386 e. The molecule has 3 aliphatic rings. The second-order valence-electron chi connectivity index (χ2n) is 9.29. The lowest BCUT2D eigenvalue weighted by atomic mass is 10.1. The molecule has 10 atom stereocenters. The number of hydrogen-bond acceptors (Lipinski definition) is 14. The zero-order valence-electron chi connectivity index (χ0n) is 20.8. The van der Waals surface area contributed by atoms with Gasteiger partial charge >= 0.3 is 19.2 Å². The average molecular weight is 671 g/mol. The van der Waals surface area contributed by atoms with Gasteiger partial charge in [-0.2, -0.15) is 0 Å². The number of hydrogen-bond donors (Lipinski definition) is 4. The van der Waals surface area contributed by atoms with Crippen LogP contribution in [0, 0.1) is 0 Å². The summed E-state index contributed by atoms with van der Waals surface area (Å²) < 4.78 is 79.5. The van der Waals surface area contributed by atoms with Crippen LogP contribution >= 0.6 is 25.8 Å². The van der Waals surface area contributed by atoms with E-state index in [-0.39, 0.29) is 17.0 Å². The normalized spacial score (nSPS) is 39.3. The van der Waals surface area contributed by atoms with E-state index in [1.54, 1.807) is 0 Å². The fourth-order valence-electron chi connectivity index (χ4n) is 4.74.